The van der Waals surface area contributed by atoms with E-state index in [1.165, 1.54) is 25.9 Å². The van der Waals surface area contributed by atoms with Gasteiger partial charge in [0.05, 0.1) is 0 Å². The maximum absolute atomic E-state index is 5.83. The molecule has 1 heterocycles. The first-order valence-electron chi connectivity index (χ1n) is 5.52. The number of hydrogen-bond acceptors (Lipinski definition) is 2. The van der Waals surface area contributed by atoms with Crippen LogP contribution < -0.4 is 5.73 Å². The molecule has 0 radical (unpaired) electrons. The van der Waals surface area contributed by atoms with E-state index in [2.05, 4.69) is 25.8 Å². The standard InChI is InChI=1S/C11H24N2/c1-9(2)6-11(7-12)10-4-5-13(3)8-10/h9-11H,4-8,12H2,1-3H3. The van der Waals surface area contributed by atoms with Crippen molar-refractivity contribution >= 4 is 0 Å². The van der Waals surface area contributed by atoms with Crippen LogP contribution in [-0.2, 0) is 0 Å². The molecule has 0 saturated carbocycles. The SMILES string of the molecule is CC(C)CC(CN)C1CCN(C)C1. The van der Waals surface area contributed by atoms with Crippen LogP contribution in [0.25, 0.3) is 0 Å². The third kappa shape index (κ3) is 3.28. The number of nitrogens with two attached hydrogens (primary N) is 1. The topological polar surface area (TPSA) is 29.3 Å². The first kappa shape index (κ1) is 11.0. The van der Waals surface area contributed by atoms with E-state index < -0.39 is 0 Å². The van der Waals surface area contributed by atoms with Gasteiger partial charge in [0.2, 0.25) is 0 Å². The summed E-state index contributed by atoms with van der Waals surface area (Å²) >= 11 is 0. The molecule has 1 fully saturated rings. The van der Waals surface area contributed by atoms with Crippen LogP contribution in [0.4, 0.5) is 0 Å². The predicted octanol–water partition coefficient (Wildman–Crippen LogP) is 1.56. The van der Waals surface area contributed by atoms with Crippen LogP contribution in [0, 0.1) is 17.8 Å². The molecule has 1 aliphatic heterocycles. The molecule has 1 aliphatic rings. The van der Waals surface area contributed by atoms with E-state index in [1.807, 2.05) is 0 Å². The van der Waals surface area contributed by atoms with Crippen molar-refractivity contribution in [1.82, 2.24) is 4.90 Å². The fourth-order valence-electron chi connectivity index (χ4n) is 2.44. The van der Waals surface area contributed by atoms with Crippen molar-refractivity contribution in [3.8, 4) is 0 Å². The van der Waals surface area contributed by atoms with Gasteiger partial charge in [0.25, 0.3) is 0 Å². The van der Waals surface area contributed by atoms with E-state index in [4.69, 9.17) is 5.73 Å². The van der Waals surface area contributed by atoms with Gasteiger partial charge in [-0.15, -0.1) is 0 Å². The Hall–Kier alpha value is -0.0800. The van der Waals surface area contributed by atoms with Crippen LogP contribution in [-0.4, -0.2) is 31.6 Å². The van der Waals surface area contributed by atoms with Crippen LogP contribution >= 0.6 is 0 Å². The van der Waals surface area contributed by atoms with E-state index >= 15 is 0 Å². The minimum atomic E-state index is 0.755. The molecule has 0 aliphatic carbocycles. The summed E-state index contributed by atoms with van der Waals surface area (Å²) < 4.78 is 0. The third-order valence-corrected chi connectivity index (χ3v) is 3.17. The van der Waals surface area contributed by atoms with E-state index in [0.717, 1.165) is 24.3 Å². The average molecular weight is 184 g/mol. The Morgan fingerprint density at radius 1 is 1.46 bits per heavy atom. The van der Waals surface area contributed by atoms with Gasteiger partial charge in [-0.3, -0.25) is 0 Å². The maximum atomic E-state index is 5.83. The molecule has 2 nitrogen and oxygen atoms in total. The molecule has 0 aromatic heterocycles. The lowest BCUT2D eigenvalue weighted by Gasteiger charge is -2.23. The van der Waals surface area contributed by atoms with E-state index in [9.17, 15) is 0 Å². The summed E-state index contributed by atoms with van der Waals surface area (Å²) in [5.41, 5.74) is 5.83. The molecule has 0 aromatic carbocycles. The van der Waals surface area contributed by atoms with Crippen molar-refractivity contribution in [2.45, 2.75) is 26.7 Å². The Bertz CT molecular complexity index is 145. The first-order valence-corrected chi connectivity index (χ1v) is 5.52. The van der Waals surface area contributed by atoms with E-state index in [0.29, 0.717) is 0 Å². The highest BCUT2D eigenvalue weighted by Gasteiger charge is 2.26. The van der Waals surface area contributed by atoms with Gasteiger partial charge in [0, 0.05) is 6.54 Å². The van der Waals surface area contributed by atoms with Gasteiger partial charge in [-0.05, 0) is 50.7 Å². The molecule has 0 bridgehead atoms. The van der Waals surface area contributed by atoms with Crippen LogP contribution in [0.15, 0.2) is 0 Å². The summed E-state index contributed by atoms with van der Waals surface area (Å²) in [4.78, 5) is 2.42. The molecular formula is C11H24N2. The summed E-state index contributed by atoms with van der Waals surface area (Å²) in [6.45, 7) is 7.98. The second-order valence-corrected chi connectivity index (χ2v) is 4.94. The highest BCUT2D eigenvalue weighted by molar-refractivity contribution is 4.80. The van der Waals surface area contributed by atoms with Crippen LogP contribution in [0.3, 0.4) is 0 Å². The number of rotatable bonds is 4. The average Bonchev–Trinajstić information content (AvgIpc) is 2.47. The fourth-order valence-corrected chi connectivity index (χ4v) is 2.44. The molecule has 1 saturated heterocycles. The van der Waals surface area contributed by atoms with Gasteiger partial charge < -0.3 is 10.6 Å². The van der Waals surface area contributed by atoms with Gasteiger partial charge in [-0.2, -0.15) is 0 Å². The normalized spacial score (nSPS) is 27.0. The Morgan fingerprint density at radius 3 is 2.54 bits per heavy atom. The Morgan fingerprint density at radius 2 is 2.15 bits per heavy atom. The monoisotopic (exact) mass is 184 g/mol. The van der Waals surface area contributed by atoms with E-state index in [1.54, 1.807) is 0 Å². The molecular weight excluding hydrogens is 160 g/mol. The van der Waals surface area contributed by atoms with Gasteiger partial charge >= 0.3 is 0 Å². The number of hydrogen-bond donors (Lipinski definition) is 1. The minimum absolute atomic E-state index is 0.755. The van der Waals surface area contributed by atoms with Gasteiger partial charge in [0.1, 0.15) is 0 Å². The second kappa shape index (κ2) is 4.97. The van der Waals surface area contributed by atoms with Crippen LogP contribution in [0.1, 0.15) is 26.7 Å². The summed E-state index contributed by atoms with van der Waals surface area (Å²) in [7, 11) is 2.21. The van der Waals surface area contributed by atoms with Gasteiger partial charge in [0.15, 0.2) is 0 Å². The molecule has 2 N–H and O–H groups in total. The smallest absolute Gasteiger partial charge is 0.00102 e. The van der Waals surface area contributed by atoms with Crippen molar-refractivity contribution in [2.75, 3.05) is 26.7 Å². The molecule has 0 aromatic rings. The summed E-state index contributed by atoms with van der Waals surface area (Å²) in [6, 6.07) is 0. The molecule has 78 valence electrons. The predicted molar refractivity (Wildman–Crippen MR) is 57.6 cm³/mol. The zero-order chi connectivity index (χ0) is 9.84. The maximum Gasteiger partial charge on any atom is 0.00102 e. The second-order valence-electron chi connectivity index (χ2n) is 4.94. The molecule has 2 atom stereocenters. The van der Waals surface area contributed by atoms with Crippen LogP contribution in [0.2, 0.25) is 0 Å². The fraction of sp³-hybridized carbons (Fsp3) is 1.00. The molecule has 2 unspecified atom stereocenters. The highest BCUT2D eigenvalue weighted by Crippen LogP contribution is 2.27. The zero-order valence-corrected chi connectivity index (χ0v) is 9.29. The minimum Gasteiger partial charge on any atom is -0.330 e. The van der Waals surface area contributed by atoms with Crippen molar-refractivity contribution in [3.05, 3.63) is 0 Å². The first-order chi connectivity index (χ1) is 6.13. The van der Waals surface area contributed by atoms with Crippen LogP contribution in [0.5, 0.6) is 0 Å². The molecule has 2 heteroatoms. The Labute approximate surface area is 82.5 Å². The highest BCUT2D eigenvalue weighted by atomic mass is 15.1. The summed E-state index contributed by atoms with van der Waals surface area (Å²) in [5, 5.41) is 0. The molecule has 0 amide bonds. The largest absolute Gasteiger partial charge is 0.330 e. The number of likely N-dealkylation sites (tertiary alicyclic amines) is 1. The van der Waals surface area contributed by atoms with Crippen molar-refractivity contribution in [3.63, 3.8) is 0 Å². The van der Waals surface area contributed by atoms with Crippen molar-refractivity contribution in [1.29, 1.82) is 0 Å². The van der Waals surface area contributed by atoms with Crippen molar-refractivity contribution in [2.24, 2.45) is 23.5 Å². The Balaban J connectivity index is 2.37. The van der Waals surface area contributed by atoms with Gasteiger partial charge in [-0.25, -0.2) is 0 Å². The third-order valence-electron chi connectivity index (χ3n) is 3.17. The lowest BCUT2D eigenvalue weighted by Crippen LogP contribution is -2.27. The Kier molecular flexibility index (Phi) is 4.20. The molecule has 13 heavy (non-hydrogen) atoms. The lowest BCUT2D eigenvalue weighted by atomic mass is 9.85. The van der Waals surface area contributed by atoms with Crippen molar-refractivity contribution < 1.29 is 0 Å². The number of nitrogens with zero attached hydrogens (tertiary/aromatic N) is 1. The summed E-state index contributed by atoms with van der Waals surface area (Å²) in [6.07, 6.45) is 2.65. The summed E-state index contributed by atoms with van der Waals surface area (Å²) in [5.74, 6) is 2.40. The van der Waals surface area contributed by atoms with E-state index in [-0.39, 0.29) is 0 Å². The molecule has 1 rings (SSSR count). The quantitative estimate of drug-likeness (QED) is 0.718. The van der Waals surface area contributed by atoms with Gasteiger partial charge in [-0.1, -0.05) is 13.8 Å². The zero-order valence-electron chi connectivity index (χ0n) is 9.29. The lowest BCUT2D eigenvalue weighted by molar-refractivity contribution is 0.283. The molecule has 0 spiro atoms.